The van der Waals surface area contributed by atoms with Crippen LogP contribution in [0.4, 0.5) is 5.69 Å². The predicted octanol–water partition coefficient (Wildman–Crippen LogP) is -0.901. The van der Waals surface area contributed by atoms with Gasteiger partial charge >= 0.3 is 0 Å². The minimum Gasteiger partial charge on any atom is -0.489 e. The average Bonchev–Trinajstić information content (AvgIpc) is 3.21. The Kier molecular flexibility index (Phi) is 3.42. The second kappa shape index (κ2) is 5.60. The maximum atomic E-state index is 12.6. The van der Waals surface area contributed by atoms with Crippen LogP contribution >= 0.6 is 0 Å². The summed E-state index contributed by atoms with van der Waals surface area (Å²) in [7, 11) is 0. The Morgan fingerprint density at radius 3 is 3.17 bits per heavy atom. The van der Waals surface area contributed by atoms with Crippen molar-refractivity contribution in [1.82, 2.24) is 20.7 Å². The third-order valence-corrected chi connectivity index (χ3v) is 4.24. The highest BCUT2D eigenvalue weighted by molar-refractivity contribution is 6.07. The lowest BCUT2D eigenvalue weighted by atomic mass is 10.1. The molecule has 2 amide bonds. The number of rotatable bonds is 3. The summed E-state index contributed by atoms with van der Waals surface area (Å²) in [6.07, 6.45) is 2.03. The second-order valence-corrected chi connectivity index (χ2v) is 5.79. The molecular weight excluding hydrogens is 312 g/mol. The molecule has 1 aromatic carbocycles. The molecule has 124 valence electrons. The van der Waals surface area contributed by atoms with Gasteiger partial charge in [-0.1, -0.05) is 17.3 Å². The van der Waals surface area contributed by atoms with Gasteiger partial charge in [0.2, 0.25) is 11.8 Å². The van der Waals surface area contributed by atoms with Gasteiger partial charge in [-0.15, -0.1) is 5.10 Å². The standard InChI is InChI=1S/C15H16N6O3/c16-10-7-24-12-3-1-2-8-4-11(21(13(8)12)15(10)23)14(22)17-5-9-6-18-20-19-9/h1-3,6,10-11H,4-5,7,16H2,(H,17,22)(H,18,19,20)/t10-,11+/m0/s1. The quantitative estimate of drug-likeness (QED) is 0.670. The highest BCUT2D eigenvalue weighted by atomic mass is 16.5. The molecule has 4 N–H and O–H groups in total. The molecule has 9 nitrogen and oxygen atoms in total. The van der Waals surface area contributed by atoms with Crippen molar-refractivity contribution in [2.75, 3.05) is 11.5 Å². The van der Waals surface area contributed by atoms with Crippen molar-refractivity contribution in [3.63, 3.8) is 0 Å². The Bertz CT molecular complexity index is 791. The first kappa shape index (κ1) is 14.6. The van der Waals surface area contributed by atoms with E-state index in [-0.39, 0.29) is 25.0 Å². The number of carbonyl (C=O) groups is 2. The number of hydrogen-bond donors (Lipinski definition) is 3. The first-order valence-electron chi connectivity index (χ1n) is 7.61. The number of nitrogens with one attached hydrogen (secondary N) is 2. The first-order chi connectivity index (χ1) is 11.6. The number of ether oxygens (including phenoxy) is 1. The Hall–Kier alpha value is -2.94. The van der Waals surface area contributed by atoms with E-state index in [1.165, 1.54) is 4.90 Å². The molecule has 2 aromatic rings. The van der Waals surface area contributed by atoms with Gasteiger partial charge in [-0.3, -0.25) is 19.6 Å². The van der Waals surface area contributed by atoms with Gasteiger partial charge in [0.25, 0.3) is 0 Å². The summed E-state index contributed by atoms with van der Waals surface area (Å²) in [5.41, 5.74) is 8.05. The Balaban J connectivity index is 1.62. The van der Waals surface area contributed by atoms with Gasteiger partial charge in [-0.2, -0.15) is 0 Å². The van der Waals surface area contributed by atoms with E-state index in [2.05, 4.69) is 20.7 Å². The number of H-pyrrole nitrogens is 1. The summed E-state index contributed by atoms with van der Waals surface area (Å²) in [6.45, 7) is 0.332. The fourth-order valence-electron chi connectivity index (χ4n) is 3.09. The monoisotopic (exact) mass is 328 g/mol. The van der Waals surface area contributed by atoms with Gasteiger partial charge in [0.1, 0.15) is 30.1 Å². The van der Waals surface area contributed by atoms with Crippen molar-refractivity contribution in [2.24, 2.45) is 5.73 Å². The SMILES string of the molecule is N[C@H]1COc2cccc3c2N(C1=O)[C@@H](C(=O)NCc1c[nH]nn1)C3. The number of aromatic amines is 1. The maximum absolute atomic E-state index is 12.6. The summed E-state index contributed by atoms with van der Waals surface area (Å²) in [4.78, 5) is 26.7. The topological polar surface area (TPSA) is 126 Å². The summed E-state index contributed by atoms with van der Waals surface area (Å²) in [5, 5.41) is 12.8. The normalized spacial score (nSPS) is 21.9. The van der Waals surface area contributed by atoms with Gasteiger partial charge in [-0.05, 0) is 11.6 Å². The van der Waals surface area contributed by atoms with Crippen molar-refractivity contribution in [1.29, 1.82) is 0 Å². The lowest BCUT2D eigenvalue weighted by molar-refractivity contribution is -0.126. The molecule has 0 radical (unpaired) electrons. The molecule has 24 heavy (non-hydrogen) atoms. The van der Waals surface area contributed by atoms with Gasteiger partial charge in [0, 0.05) is 12.6 Å². The molecule has 1 aromatic heterocycles. The maximum Gasteiger partial charge on any atom is 0.248 e. The molecule has 9 heteroatoms. The zero-order valence-electron chi connectivity index (χ0n) is 12.7. The van der Waals surface area contributed by atoms with Crippen molar-refractivity contribution in [3.8, 4) is 5.75 Å². The average molecular weight is 328 g/mol. The Morgan fingerprint density at radius 2 is 2.38 bits per heavy atom. The van der Waals surface area contributed by atoms with Crippen molar-refractivity contribution >= 4 is 17.5 Å². The first-order valence-corrected chi connectivity index (χ1v) is 7.61. The molecule has 0 bridgehead atoms. The molecule has 0 fully saturated rings. The lowest BCUT2D eigenvalue weighted by Crippen LogP contribution is -2.53. The molecule has 2 atom stereocenters. The van der Waals surface area contributed by atoms with Gasteiger partial charge in [0.05, 0.1) is 12.2 Å². The van der Waals surface area contributed by atoms with E-state index in [1.807, 2.05) is 12.1 Å². The molecule has 3 heterocycles. The number of amides is 2. The molecular formula is C15H16N6O3. The highest BCUT2D eigenvalue weighted by Gasteiger charge is 2.43. The van der Waals surface area contributed by atoms with Crippen LogP contribution < -0.4 is 20.7 Å². The Labute approximate surface area is 137 Å². The zero-order valence-corrected chi connectivity index (χ0v) is 12.7. The van der Waals surface area contributed by atoms with Gasteiger partial charge < -0.3 is 15.8 Å². The highest BCUT2D eigenvalue weighted by Crippen LogP contribution is 2.41. The van der Waals surface area contributed by atoms with Crippen molar-refractivity contribution < 1.29 is 14.3 Å². The summed E-state index contributed by atoms with van der Waals surface area (Å²) < 4.78 is 5.63. The van der Waals surface area contributed by atoms with E-state index < -0.39 is 12.1 Å². The fourth-order valence-corrected chi connectivity index (χ4v) is 3.09. The lowest BCUT2D eigenvalue weighted by Gasteiger charge is -2.25. The van der Waals surface area contributed by atoms with E-state index >= 15 is 0 Å². The van der Waals surface area contributed by atoms with E-state index in [9.17, 15) is 9.59 Å². The van der Waals surface area contributed by atoms with Gasteiger partial charge in [-0.25, -0.2) is 0 Å². The van der Waals surface area contributed by atoms with Crippen LogP contribution in [0.1, 0.15) is 11.3 Å². The third-order valence-electron chi connectivity index (χ3n) is 4.24. The number of benzene rings is 1. The number of carbonyl (C=O) groups excluding carboxylic acids is 2. The largest absolute Gasteiger partial charge is 0.489 e. The minimum atomic E-state index is -0.797. The van der Waals surface area contributed by atoms with E-state index in [4.69, 9.17) is 10.5 Å². The number of nitrogens with zero attached hydrogens (tertiary/aromatic N) is 3. The number of aromatic nitrogens is 3. The number of nitrogens with two attached hydrogens (primary N) is 1. The van der Waals surface area contributed by atoms with Crippen LogP contribution in [0.25, 0.3) is 0 Å². The zero-order chi connectivity index (χ0) is 16.7. The smallest absolute Gasteiger partial charge is 0.248 e. The van der Waals surface area contributed by atoms with Crippen LogP contribution in [-0.2, 0) is 22.6 Å². The molecule has 0 saturated heterocycles. The van der Waals surface area contributed by atoms with Crippen LogP contribution in [0.3, 0.4) is 0 Å². The summed E-state index contributed by atoms with van der Waals surface area (Å²) >= 11 is 0. The molecule has 4 rings (SSSR count). The third kappa shape index (κ3) is 2.29. The number of hydrogen-bond acceptors (Lipinski definition) is 6. The molecule has 0 unspecified atom stereocenters. The van der Waals surface area contributed by atoms with Crippen LogP contribution in [0.5, 0.6) is 5.75 Å². The van der Waals surface area contributed by atoms with Crippen LogP contribution in [0.2, 0.25) is 0 Å². The number of para-hydroxylation sites is 1. The predicted molar refractivity (Wildman–Crippen MR) is 83.1 cm³/mol. The van der Waals surface area contributed by atoms with Crippen LogP contribution in [-0.4, -0.2) is 45.9 Å². The second-order valence-electron chi connectivity index (χ2n) is 5.79. The van der Waals surface area contributed by atoms with Crippen LogP contribution in [0, 0.1) is 0 Å². The van der Waals surface area contributed by atoms with Crippen molar-refractivity contribution in [3.05, 3.63) is 35.7 Å². The molecule has 0 saturated carbocycles. The fraction of sp³-hybridized carbons (Fsp3) is 0.333. The summed E-state index contributed by atoms with van der Waals surface area (Å²) in [5.74, 6) is 0.0171. The van der Waals surface area contributed by atoms with E-state index in [0.717, 1.165) is 5.56 Å². The van der Waals surface area contributed by atoms with Gasteiger partial charge in [0.15, 0.2) is 0 Å². The Morgan fingerprint density at radius 1 is 1.50 bits per heavy atom. The summed E-state index contributed by atoms with van der Waals surface area (Å²) in [6, 6.07) is 4.09. The minimum absolute atomic E-state index is 0.0963. The van der Waals surface area contributed by atoms with Crippen molar-refractivity contribution in [2.45, 2.75) is 25.0 Å². The van der Waals surface area contributed by atoms with E-state index in [1.54, 1.807) is 12.3 Å². The molecule has 2 aliphatic rings. The molecule has 0 spiro atoms. The molecule has 2 aliphatic heterocycles. The number of anilines is 1. The molecule has 0 aliphatic carbocycles. The van der Waals surface area contributed by atoms with E-state index in [0.29, 0.717) is 23.6 Å². The van der Waals surface area contributed by atoms with Crippen LogP contribution in [0.15, 0.2) is 24.4 Å².